The SMILES string of the molecule is CCCN(CCO)CCNC(C)(C)C. The van der Waals surface area contributed by atoms with Gasteiger partial charge in [0, 0.05) is 25.2 Å². The predicted octanol–water partition coefficient (Wildman–Crippen LogP) is 1.08. The van der Waals surface area contributed by atoms with Gasteiger partial charge in [-0.1, -0.05) is 6.92 Å². The molecule has 0 saturated carbocycles. The second kappa shape index (κ2) is 7.21. The van der Waals surface area contributed by atoms with E-state index in [1.807, 2.05) is 0 Å². The molecule has 0 aromatic rings. The van der Waals surface area contributed by atoms with Crippen molar-refractivity contribution in [3.8, 4) is 0 Å². The Labute approximate surface area is 88.5 Å². The first-order valence-corrected chi connectivity index (χ1v) is 5.58. The Hall–Kier alpha value is -0.120. The van der Waals surface area contributed by atoms with Gasteiger partial charge in [0.1, 0.15) is 0 Å². The zero-order chi connectivity index (χ0) is 11.0. The molecule has 2 N–H and O–H groups in total. The Balaban J connectivity index is 3.60. The highest BCUT2D eigenvalue weighted by Crippen LogP contribution is 1.98. The minimum Gasteiger partial charge on any atom is -0.395 e. The molecule has 0 amide bonds. The van der Waals surface area contributed by atoms with Gasteiger partial charge in [-0.25, -0.2) is 0 Å². The first kappa shape index (κ1) is 13.9. The fourth-order valence-corrected chi connectivity index (χ4v) is 1.38. The molecule has 0 bridgehead atoms. The molecule has 0 aliphatic rings. The summed E-state index contributed by atoms with van der Waals surface area (Å²) in [4.78, 5) is 2.29. The van der Waals surface area contributed by atoms with Crippen molar-refractivity contribution in [2.75, 3.05) is 32.8 Å². The van der Waals surface area contributed by atoms with Crippen LogP contribution in [0.1, 0.15) is 34.1 Å². The van der Waals surface area contributed by atoms with Crippen molar-refractivity contribution in [2.24, 2.45) is 0 Å². The number of rotatable bonds is 7. The quantitative estimate of drug-likeness (QED) is 0.648. The van der Waals surface area contributed by atoms with Gasteiger partial charge in [-0.05, 0) is 33.7 Å². The normalized spacial score (nSPS) is 12.4. The summed E-state index contributed by atoms with van der Waals surface area (Å²) in [5, 5.41) is 12.3. The summed E-state index contributed by atoms with van der Waals surface area (Å²) >= 11 is 0. The zero-order valence-electron chi connectivity index (χ0n) is 10.1. The molecular weight excluding hydrogens is 176 g/mol. The van der Waals surface area contributed by atoms with Crippen LogP contribution in [0.2, 0.25) is 0 Å². The van der Waals surface area contributed by atoms with Crippen LogP contribution in [0.4, 0.5) is 0 Å². The van der Waals surface area contributed by atoms with Crippen molar-refractivity contribution in [3.05, 3.63) is 0 Å². The van der Waals surface area contributed by atoms with Crippen molar-refractivity contribution in [3.63, 3.8) is 0 Å². The molecule has 0 saturated heterocycles. The maximum Gasteiger partial charge on any atom is 0.0558 e. The molecule has 0 aliphatic heterocycles. The fourth-order valence-electron chi connectivity index (χ4n) is 1.38. The zero-order valence-corrected chi connectivity index (χ0v) is 10.1. The van der Waals surface area contributed by atoms with Crippen LogP contribution < -0.4 is 5.32 Å². The van der Waals surface area contributed by atoms with Crippen LogP contribution >= 0.6 is 0 Å². The van der Waals surface area contributed by atoms with Crippen LogP contribution in [-0.2, 0) is 0 Å². The van der Waals surface area contributed by atoms with Gasteiger partial charge in [0.25, 0.3) is 0 Å². The molecule has 0 radical (unpaired) electrons. The Bertz CT molecular complexity index is 126. The number of aliphatic hydroxyl groups is 1. The van der Waals surface area contributed by atoms with Crippen molar-refractivity contribution in [1.29, 1.82) is 0 Å². The third-order valence-electron chi connectivity index (χ3n) is 2.04. The van der Waals surface area contributed by atoms with E-state index in [-0.39, 0.29) is 12.1 Å². The van der Waals surface area contributed by atoms with Gasteiger partial charge < -0.3 is 10.4 Å². The molecule has 0 aromatic carbocycles. The van der Waals surface area contributed by atoms with Gasteiger partial charge in [0.2, 0.25) is 0 Å². The van der Waals surface area contributed by atoms with E-state index in [1.54, 1.807) is 0 Å². The molecule has 0 fully saturated rings. The molecule has 0 unspecified atom stereocenters. The molecule has 0 aliphatic carbocycles. The molecule has 0 rings (SSSR count). The fraction of sp³-hybridized carbons (Fsp3) is 1.00. The van der Waals surface area contributed by atoms with E-state index in [2.05, 4.69) is 37.9 Å². The Morgan fingerprint density at radius 1 is 1.14 bits per heavy atom. The second-order valence-corrected chi connectivity index (χ2v) is 4.74. The summed E-state index contributed by atoms with van der Waals surface area (Å²) < 4.78 is 0. The summed E-state index contributed by atoms with van der Waals surface area (Å²) in [6, 6.07) is 0. The van der Waals surface area contributed by atoms with E-state index in [9.17, 15) is 0 Å². The van der Waals surface area contributed by atoms with Crippen LogP contribution in [0.15, 0.2) is 0 Å². The largest absolute Gasteiger partial charge is 0.395 e. The molecule has 0 spiro atoms. The molecule has 0 heterocycles. The maximum atomic E-state index is 8.86. The monoisotopic (exact) mass is 202 g/mol. The van der Waals surface area contributed by atoms with E-state index in [4.69, 9.17) is 5.11 Å². The lowest BCUT2D eigenvalue weighted by Crippen LogP contribution is -2.42. The minimum absolute atomic E-state index is 0.192. The average molecular weight is 202 g/mol. The number of aliphatic hydroxyl groups excluding tert-OH is 1. The highest BCUT2D eigenvalue weighted by atomic mass is 16.3. The van der Waals surface area contributed by atoms with Gasteiger partial charge in [-0.15, -0.1) is 0 Å². The minimum atomic E-state index is 0.192. The average Bonchev–Trinajstić information content (AvgIpc) is 2.02. The lowest BCUT2D eigenvalue weighted by molar-refractivity contribution is 0.192. The molecule has 14 heavy (non-hydrogen) atoms. The Morgan fingerprint density at radius 3 is 2.21 bits per heavy atom. The molecule has 3 heteroatoms. The van der Waals surface area contributed by atoms with Crippen LogP contribution in [-0.4, -0.2) is 48.3 Å². The third-order valence-corrected chi connectivity index (χ3v) is 2.04. The smallest absolute Gasteiger partial charge is 0.0558 e. The molecule has 0 aromatic heterocycles. The van der Waals surface area contributed by atoms with E-state index in [0.29, 0.717) is 0 Å². The highest BCUT2D eigenvalue weighted by Gasteiger charge is 2.09. The second-order valence-electron chi connectivity index (χ2n) is 4.74. The Kier molecular flexibility index (Phi) is 7.15. The van der Waals surface area contributed by atoms with Crippen molar-refractivity contribution in [1.82, 2.24) is 10.2 Å². The van der Waals surface area contributed by atoms with E-state index >= 15 is 0 Å². The standard InChI is InChI=1S/C11H26N2O/c1-5-7-13(9-10-14)8-6-12-11(2,3)4/h12,14H,5-10H2,1-4H3. The molecule has 86 valence electrons. The first-order chi connectivity index (χ1) is 6.49. The topological polar surface area (TPSA) is 35.5 Å². The van der Waals surface area contributed by atoms with Gasteiger partial charge in [-0.2, -0.15) is 0 Å². The molecule has 3 nitrogen and oxygen atoms in total. The maximum absolute atomic E-state index is 8.86. The van der Waals surface area contributed by atoms with Crippen molar-refractivity contribution >= 4 is 0 Å². The van der Waals surface area contributed by atoms with Crippen LogP contribution in [0.3, 0.4) is 0 Å². The van der Waals surface area contributed by atoms with Crippen LogP contribution in [0.5, 0.6) is 0 Å². The lowest BCUT2D eigenvalue weighted by atomic mass is 10.1. The highest BCUT2D eigenvalue weighted by molar-refractivity contribution is 4.71. The third kappa shape index (κ3) is 8.48. The molecule has 0 atom stereocenters. The summed E-state index contributed by atoms with van der Waals surface area (Å²) in [6.45, 7) is 12.8. The summed E-state index contributed by atoms with van der Waals surface area (Å²) in [7, 11) is 0. The predicted molar refractivity (Wildman–Crippen MR) is 61.6 cm³/mol. The summed E-state index contributed by atoms with van der Waals surface area (Å²) in [5.41, 5.74) is 0.192. The van der Waals surface area contributed by atoms with Gasteiger partial charge in [0.05, 0.1) is 6.61 Å². The number of hydrogen-bond donors (Lipinski definition) is 2. The number of nitrogens with one attached hydrogen (secondary N) is 1. The number of nitrogens with zero attached hydrogens (tertiary/aromatic N) is 1. The van der Waals surface area contributed by atoms with Gasteiger partial charge in [0.15, 0.2) is 0 Å². The summed E-state index contributed by atoms with van der Waals surface area (Å²) in [5.74, 6) is 0. The lowest BCUT2D eigenvalue weighted by Gasteiger charge is -2.25. The van der Waals surface area contributed by atoms with E-state index < -0.39 is 0 Å². The van der Waals surface area contributed by atoms with E-state index in [0.717, 1.165) is 32.6 Å². The van der Waals surface area contributed by atoms with Gasteiger partial charge >= 0.3 is 0 Å². The van der Waals surface area contributed by atoms with Crippen molar-refractivity contribution in [2.45, 2.75) is 39.7 Å². The number of hydrogen-bond acceptors (Lipinski definition) is 3. The van der Waals surface area contributed by atoms with Crippen LogP contribution in [0, 0.1) is 0 Å². The van der Waals surface area contributed by atoms with Crippen molar-refractivity contribution < 1.29 is 5.11 Å². The van der Waals surface area contributed by atoms with Gasteiger partial charge in [-0.3, -0.25) is 4.90 Å². The Morgan fingerprint density at radius 2 is 1.79 bits per heavy atom. The molecular formula is C11H26N2O. The van der Waals surface area contributed by atoms with Crippen LogP contribution in [0.25, 0.3) is 0 Å². The first-order valence-electron chi connectivity index (χ1n) is 5.58. The summed E-state index contributed by atoms with van der Waals surface area (Å²) in [6.07, 6.45) is 1.15. The van der Waals surface area contributed by atoms with E-state index in [1.165, 1.54) is 0 Å².